The fraction of sp³-hybridized carbons (Fsp3) is 0.333. The third kappa shape index (κ3) is 1.92. The Balaban J connectivity index is 3.50. The lowest BCUT2D eigenvalue weighted by molar-refractivity contribution is -0.987. The van der Waals surface area contributed by atoms with E-state index >= 15 is 0 Å². The molecule has 0 saturated carbocycles. The fourth-order valence-electron chi connectivity index (χ4n) is 0.876. The van der Waals surface area contributed by atoms with E-state index in [-0.39, 0.29) is 0 Å². The van der Waals surface area contributed by atoms with Gasteiger partial charge in [0.15, 0.2) is 14.8 Å². The number of nitro groups is 4. The molecule has 0 amide bonds. The summed E-state index contributed by atoms with van der Waals surface area (Å²) in [5.74, 6) is -6.97. The summed E-state index contributed by atoms with van der Waals surface area (Å²) in [6.07, 6.45) is 0. The van der Waals surface area contributed by atoms with Crippen LogP contribution in [0.5, 0.6) is 0 Å². The first-order valence-corrected chi connectivity index (χ1v) is 3.90. The predicted molar refractivity (Wildman–Crippen MR) is 46.9 cm³/mol. The monoisotopic (exact) mass is 276 g/mol. The molecule has 16 nitrogen and oxygen atoms in total. The predicted octanol–water partition coefficient (Wildman–Crippen LogP) is -1.88. The van der Waals surface area contributed by atoms with Crippen LogP contribution in [0.3, 0.4) is 0 Å². The maximum atomic E-state index is 10.6. The van der Waals surface area contributed by atoms with Gasteiger partial charge in [-0.1, -0.05) is 0 Å². The van der Waals surface area contributed by atoms with Gasteiger partial charge in [0.05, 0.1) is 10.2 Å². The first-order valence-electron chi connectivity index (χ1n) is 3.90. The zero-order valence-corrected chi connectivity index (χ0v) is 8.34. The first-order chi connectivity index (χ1) is 8.74. The molecule has 1 rings (SSSR count). The van der Waals surface area contributed by atoms with Crippen LogP contribution in [-0.4, -0.2) is 40.1 Å². The van der Waals surface area contributed by atoms with E-state index in [1.54, 1.807) is 0 Å². The number of hydrogen-bond acceptors (Lipinski definition) is 12. The molecule has 100 valence electrons. The molecule has 0 aliphatic rings. The molecule has 0 aliphatic carbocycles. The van der Waals surface area contributed by atoms with Crippen molar-refractivity contribution in [1.29, 1.82) is 0 Å². The zero-order chi connectivity index (χ0) is 14.8. The van der Waals surface area contributed by atoms with E-state index in [0.29, 0.717) is 0 Å². The average Bonchev–Trinajstić information content (AvgIpc) is 2.28. The van der Waals surface area contributed by atoms with Gasteiger partial charge in [0.25, 0.3) is 0 Å². The van der Waals surface area contributed by atoms with Crippen LogP contribution in [0.2, 0.25) is 0 Å². The van der Waals surface area contributed by atoms with Gasteiger partial charge in [0.1, 0.15) is 0 Å². The van der Waals surface area contributed by atoms with Gasteiger partial charge in [-0.05, 0) is 15.1 Å². The molecular formula is C3N8O8. The highest BCUT2D eigenvalue weighted by atomic mass is 16.7. The minimum absolute atomic E-state index is 1.20. The molecule has 0 saturated heterocycles. The lowest BCUT2D eigenvalue weighted by Gasteiger charge is -2.04. The van der Waals surface area contributed by atoms with Crippen molar-refractivity contribution in [1.82, 2.24) is 20.4 Å². The highest BCUT2D eigenvalue weighted by Crippen LogP contribution is 2.22. The largest absolute Gasteiger partial charge is 0.769 e. The zero-order valence-electron chi connectivity index (χ0n) is 8.34. The summed E-state index contributed by atoms with van der Waals surface area (Å²) in [6.45, 7) is 0. The van der Waals surface area contributed by atoms with E-state index in [4.69, 9.17) is 0 Å². The van der Waals surface area contributed by atoms with Crippen molar-refractivity contribution >= 4 is 5.95 Å². The van der Waals surface area contributed by atoms with Crippen LogP contribution < -0.4 is 0 Å². The van der Waals surface area contributed by atoms with Gasteiger partial charge in [0.2, 0.25) is 0 Å². The number of nitrogens with zero attached hydrogens (tertiary/aromatic N) is 8. The Morgan fingerprint density at radius 3 is 1.37 bits per heavy atom. The molecule has 16 heteroatoms. The molecule has 0 fully saturated rings. The van der Waals surface area contributed by atoms with Crippen LogP contribution in [0, 0.1) is 40.5 Å². The number of rotatable bonds is 5. The Morgan fingerprint density at radius 2 is 1.11 bits per heavy atom. The van der Waals surface area contributed by atoms with Crippen molar-refractivity contribution in [2.75, 3.05) is 0 Å². The van der Waals surface area contributed by atoms with Crippen molar-refractivity contribution in [2.24, 2.45) is 0 Å². The Labute approximate surface area is 99.2 Å². The smallest absolute Gasteiger partial charge is 0.390 e. The van der Waals surface area contributed by atoms with Crippen LogP contribution >= 0.6 is 0 Å². The molecule has 1 aromatic rings. The van der Waals surface area contributed by atoms with Crippen molar-refractivity contribution in [3.05, 3.63) is 46.3 Å². The number of hydrogen-bond donors (Lipinski definition) is 0. The Bertz CT molecular complexity index is 530. The van der Waals surface area contributed by atoms with Crippen LogP contribution in [0.25, 0.3) is 0 Å². The van der Waals surface area contributed by atoms with Gasteiger partial charge < -0.3 is 10.1 Å². The Hall–Kier alpha value is -3.46. The SMILES string of the molecule is O=[N+]([O-])c1nnc(C([N+](=O)[O-])([N+](=O)[O-])[N+](=O)[O-])nn1. The van der Waals surface area contributed by atoms with Gasteiger partial charge >= 0.3 is 17.6 Å². The molecule has 0 bridgehead atoms. The van der Waals surface area contributed by atoms with E-state index in [1.807, 2.05) is 0 Å². The molecule has 0 aromatic carbocycles. The molecule has 0 N–H and O–H groups in total. The van der Waals surface area contributed by atoms with Crippen LogP contribution in [0.15, 0.2) is 0 Å². The van der Waals surface area contributed by atoms with E-state index in [9.17, 15) is 40.5 Å². The second-order valence-electron chi connectivity index (χ2n) is 2.69. The fourth-order valence-corrected chi connectivity index (χ4v) is 0.876. The quantitative estimate of drug-likeness (QED) is 0.326. The standard InChI is InChI=1S/C3N8O8/c12-8(13)2-6-4-1(5-7-2)3(9(14)15,10(16)17)11(18)19. The minimum Gasteiger partial charge on any atom is -0.390 e. The molecule has 1 heterocycles. The van der Waals surface area contributed by atoms with Gasteiger partial charge in [-0.25, -0.2) is 0 Å². The van der Waals surface area contributed by atoms with E-state index in [1.165, 1.54) is 0 Å². The lowest BCUT2D eigenvalue weighted by Crippen LogP contribution is -2.51. The van der Waals surface area contributed by atoms with Crippen molar-refractivity contribution < 1.29 is 19.7 Å². The summed E-state index contributed by atoms with van der Waals surface area (Å²) in [5, 5.41) is 52.5. The molecule has 1 aromatic heterocycles. The topological polar surface area (TPSA) is 224 Å². The van der Waals surface area contributed by atoms with Crippen LogP contribution in [-0.2, 0) is 5.79 Å². The number of aromatic nitrogens is 4. The van der Waals surface area contributed by atoms with Crippen LogP contribution in [0.1, 0.15) is 5.82 Å². The average molecular weight is 276 g/mol. The normalized spacial score (nSPS) is 10.7. The summed E-state index contributed by atoms with van der Waals surface area (Å²) in [6, 6.07) is 0. The van der Waals surface area contributed by atoms with Crippen molar-refractivity contribution in [3.63, 3.8) is 0 Å². The molecule has 0 spiro atoms. The first kappa shape index (κ1) is 13.6. The summed E-state index contributed by atoms with van der Waals surface area (Å²) in [7, 11) is 0. The second kappa shape index (κ2) is 4.43. The molecule has 0 unspecified atom stereocenters. The molecule has 0 aliphatic heterocycles. The van der Waals surface area contributed by atoms with E-state index in [2.05, 4.69) is 20.4 Å². The van der Waals surface area contributed by atoms with Crippen molar-refractivity contribution in [2.45, 2.75) is 5.79 Å². The highest BCUT2D eigenvalue weighted by molar-refractivity contribution is 4.96. The summed E-state index contributed by atoms with van der Waals surface area (Å²) >= 11 is 0. The third-order valence-corrected chi connectivity index (χ3v) is 1.70. The lowest BCUT2D eigenvalue weighted by atomic mass is 10.3. The van der Waals surface area contributed by atoms with E-state index < -0.39 is 37.3 Å². The minimum atomic E-state index is -4.13. The summed E-state index contributed by atoms with van der Waals surface area (Å²) in [4.78, 5) is 35.1. The molecule has 0 radical (unpaired) electrons. The maximum absolute atomic E-state index is 10.6. The highest BCUT2D eigenvalue weighted by Gasteiger charge is 2.77. The molecular weight excluding hydrogens is 276 g/mol. The molecule has 19 heavy (non-hydrogen) atoms. The van der Waals surface area contributed by atoms with Gasteiger partial charge in [-0.2, -0.15) is 0 Å². The summed E-state index contributed by atoms with van der Waals surface area (Å²) in [5.41, 5.74) is 0. The maximum Gasteiger partial charge on any atom is 0.769 e. The van der Waals surface area contributed by atoms with Gasteiger partial charge in [-0.15, -0.1) is 0 Å². The second-order valence-corrected chi connectivity index (χ2v) is 2.69. The Kier molecular flexibility index (Phi) is 3.17. The Morgan fingerprint density at radius 1 is 0.737 bits per heavy atom. The van der Waals surface area contributed by atoms with Crippen LogP contribution in [0.4, 0.5) is 5.95 Å². The van der Waals surface area contributed by atoms with E-state index in [0.717, 1.165) is 0 Å². The summed E-state index contributed by atoms with van der Waals surface area (Å²) < 4.78 is 0. The third-order valence-electron chi connectivity index (χ3n) is 1.70. The molecule has 0 atom stereocenters. The van der Waals surface area contributed by atoms with Gasteiger partial charge in [-0.3, -0.25) is 30.3 Å². The van der Waals surface area contributed by atoms with Gasteiger partial charge in [0, 0.05) is 0 Å². The van der Waals surface area contributed by atoms with Crippen molar-refractivity contribution in [3.8, 4) is 0 Å².